The van der Waals surface area contributed by atoms with Crippen molar-refractivity contribution < 1.29 is 24.2 Å². The zero-order valence-corrected chi connectivity index (χ0v) is 23.1. The fraction of sp³-hybridized carbons (Fsp3) is 0.467. The second kappa shape index (κ2) is 12.3. The molecule has 1 N–H and O–H groups in total. The van der Waals surface area contributed by atoms with Gasteiger partial charge in [0.15, 0.2) is 0 Å². The van der Waals surface area contributed by atoms with Crippen molar-refractivity contribution in [3.63, 3.8) is 0 Å². The minimum absolute atomic E-state index is 0.0100. The molecule has 7 heteroatoms. The van der Waals surface area contributed by atoms with E-state index in [0.717, 1.165) is 17.7 Å². The molecule has 1 aliphatic heterocycles. The summed E-state index contributed by atoms with van der Waals surface area (Å²) < 4.78 is 11.7. The Morgan fingerprint density at radius 2 is 1.81 bits per heavy atom. The molecule has 1 amide bonds. The topological polar surface area (TPSA) is 79.3 Å². The molecular weight excluding hydrogens is 468 g/mol. The van der Waals surface area contributed by atoms with Gasteiger partial charge in [-0.1, -0.05) is 26.0 Å². The van der Waals surface area contributed by atoms with Gasteiger partial charge >= 0.3 is 0 Å². The molecule has 7 nitrogen and oxygen atoms in total. The van der Waals surface area contributed by atoms with Crippen LogP contribution in [0.15, 0.2) is 48.0 Å². The molecule has 200 valence electrons. The highest BCUT2D eigenvalue weighted by Crippen LogP contribution is 2.40. The second-order valence-electron chi connectivity index (χ2n) is 10.6. The summed E-state index contributed by atoms with van der Waals surface area (Å²) in [6, 6.07) is 12.0. The van der Waals surface area contributed by atoms with E-state index in [9.17, 15) is 14.7 Å². The number of benzene rings is 2. The van der Waals surface area contributed by atoms with Crippen molar-refractivity contribution in [2.24, 2.45) is 5.92 Å². The minimum atomic E-state index is -0.711. The number of carbonyl (C=O) groups excluding carboxylic acids is 2. The largest absolute Gasteiger partial charge is 0.507 e. The van der Waals surface area contributed by atoms with Gasteiger partial charge in [-0.25, -0.2) is 0 Å². The van der Waals surface area contributed by atoms with Crippen LogP contribution >= 0.6 is 0 Å². The number of nitrogens with zero attached hydrogens (tertiary/aromatic N) is 2. The molecule has 0 aliphatic carbocycles. The summed E-state index contributed by atoms with van der Waals surface area (Å²) >= 11 is 0. The molecule has 2 aromatic carbocycles. The van der Waals surface area contributed by atoms with Crippen LogP contribution in [0, 0.1) is 12.8 Å². The number of likely N-dealkylation sites (tertiary alicyclic amines) is 1. The molecule has 0 bridgehead atoms. The standard InChI is InChI=1S/C30H40N2O5/c1-19(2)18-36-24-11-8-10-22(17-24)27-26(29(34)30(35)32(27)15-9-14-31(6)7)28(33)23-12-13-25(21(5)16-23)37-20(3)4/h8,10-13,16-17,19-20,27,33H,9,14-15,18H2,1-7H3/b28-26+. The van der Waals surface area contributed by atoms with E-state index in [1.165, 1.54) is 0 Å². The lowest BCUT2D eigenvalue weighted by atomic mass is 9.94. The lowest BCUT2D eigenvalue weighted by Crippen LogP contribution is -2.32. The van der Waals surface area contributed by atoms with Crippen LogP contribution in [-0.2, 0) is 9.59 Å². The fourth-order valence-corrected chi connectivity index (χ4v) is 4.39. The zero-order valence-electron chi connectivity index (χ0n) is 23.1. The molecule has 1 fully saturated rings. The van der Waals surface area contributed by atoms with Gasteiger partial charge < -0.3 is 24.4 Å². The maximum absolute atomic E-state index is 13.3. The first-order valence-corrected chi connectivity index (χ1v) is 12.9. The SMILES string of the molecule is Cc1cc(/C(O)=C2\C(=O)C(=O)N(CCCN(C)C)C2c2cccc(OCC(C)C)c2)ccc1OC(C)C. The van der Waals surface area contributed by atoms with Crippen LogP contribution in [0.2, 0.25) is 0 Å². The van der Waals surface area contributed by atoms with E-state index in [2.05, 4.69) is 13.8 Å². The summed E-state index contributed by atoms with van der Waals surface area (Å²) in [5.41, 5.74) is 2.12. The van der Waals surface area contributed by atoms with Crippen molar-refractivity contribution in [2.75, 3.05) is 33.8 Å². The van der Waals surface area contributed by atoms with Crippen LogP contribution in [-0.4, -0.2) is 66.5 Å². The number of aliphatic hydroxyl groups is 1. The Hall–Kier alpha value is -3.32. The van der Waals surface area contributed by atoms with Gasteiger partial charge in [0.25, 0.3) is 11.7 Å². The number of amides is 1. The Bertz CT molecular complexity index is 1150. The predicted molar refractivity (Wildman–Crippen MR) is 146 cm³/mol. The first kappa shape index (κ1) is 28.3. The van der Waals surface area contributed by atoms with Crippen molar-refractivity contribution >= 4 is 17.4 Å². The Morgan fingerprint density at radius 1 is 1.08 bits per heavy atom. The quantitative estimate of drug-likeness (QED) is 0.256. The summed E-state index contributed by atoms with van der Waals surface area (Å²) in [4.78, 5) is 30.2. The van der Waals surface area contributed by atoms with Crippen LogP contribution < -0.4 is 9.47 Å². The van der Waals surface area contributed by atoms with Gasteiger partial charge in [0.1, 0.15) is 17.3 Å². The number of rotatable bonds is 11. The average Bonchev–Trinajstić information content (AvgIpc) is 3.08. The minimum Gasteiger partial charge on any atom is -0.507 e. The summed E-state index contributed by atoms with van der Waals surface area (Å²) in [5.74, 6) is 0.257. The third-order valence-corrected chi connectivity index (χ3v) is 6.11. The molecule has 0 aromatic heterocycles. The van der Waals surface area contributed by atoms with Crippen LogP contribution in [0.5, 0.6) is 11.5 Å². The number of hydrogen-bond donors (Lipinski definition) is 1. The smallest absolute Gasteiger partial charge is 0.295 e. The highest BCUT2D eigenvalue weighted by molar-refractivity contribution is 6.46. The Morgan fingerprint density at radius 3 is 2.43 bits per heavy atom. The summed E-state index contributed by atoms with van der Waals surface area (Å²) in [6.45, 7) is 11.6. The van der Waals surface area contributed by atoms with E-state index < -0.39 is 17.7 Å². The lowest BCUT2D eigenvalue weighted by molar-refractivity contribution is -0.139. The van der Waals surface area contributed by atoms with Crippen LogP contribution in [0.25, 0.3) is 5.76 Å². The molecule has 37 heavy (non-hydrogen) atoms. The molecule has 1 heterocycles. The molecular formula is C30H40N2O5. The van der Waals surface area contributed by atoms with Gasteiger partial charge in [0.2, 0.25) is 0 Å². The van der Waals surface area contributed by atoms with Crippen LogP contribution in [0.1, 0.15) is 56.8 Å². The molecule has 2 aromatic rings. The number of hydrogen-bond acceptors (Lipinski definition) is 6. The molecule has 1 atom stereocenters. The van der Waals surface area contributed by atoms with Crippen molar-refractivity contribution in [3.05, 3.63) is 64.7 Å². The molecule has 0 radical (unpaired) electrons. The summed E-state index contributed by atoms with van der Waals surface area (Å²) in [5, 5.41) is 11.4. The van der Waals surface area contributed by atoms with Gasteiger partial charge in [-0.3, -0.25) is 9.59 Å². The van der Waals surface area contributed by atoms with Crippen LogP contribution in [0.4, 0.5) is 0 Å². The highest BCUT2D eigenvalue weighted by Gasteiger charge is 2.46. The summed E-state index contributed by atoms with van der Waals surface area (Å²) in [6.07, 6.45) is 0.705. The second-order valence-corrected chi connectivity index (χ2v) is 10.6. The van der Waals surface area contributed by atoms with Crippen LogP contribution in [0.3, 0.4) is 0 Å². The molecule has 1 aliphatic rings. The predicted octanol–water partition coefficient (Wildman–Crippen LogP) is 5.19. The average molecular weight is 509 g/mol. The zero-order chi connectivity index (χ0) is 27.3. The van der Waals surface area contributed by atoms with E-state index in [4.69, 9.17) is 9.47 Å². The maximum atomic E-state index is 13.3. The third-order valence-electron chi connectivity index (χ3n) is 6.11. The van der Waals surface area contributed by atoms with E-state index >= 15 is 0 Å². The number of aliphatic hydroxyl groups excluding tert-OH is 1. The van der Waals surface area contributed by atoms with Gasteiger partial charge in [0.05, 0.1) is 24.3 Å². The highest BCUT2D eigenvalue weighted by atomic mass is 16.5. The fourth-order valence-electron chi connectivity index (χ4n) is 4.39. The maximum Gasteiger partial charge on any atom is 0.295 e. The van der Waals surface area contributed by atoms with E-state index in [0.29, 0.717) is 42.6 Å². The number of carbonyl (C=O) groups is 2. The monoisotopic (exact) mass is 508 g/mol. The first-order chi connectivity index (χ1) is 17.5. The van der Waals surface area contributed by atoms with Crippen molar-refractivity contribution in [1.82, 2.24) is 9.80 Å². The Kier molecular flexibility index (Phi) is 9.38. The number of ketones is 1. The van der Waals surface area contributed by atoms with E-state index in [1.807, 2.05) is 64.0 Å². The molecule has 0 spiro atoms. The van der Waals surface area contributed by atoms with Gasteiger partial charge in [-0.15, -0.1) is 0 Å². The molecule has 3 rings (SSSR count). The molecule has 1 unspecified atom stereocenters. The van der Waals surface area contributed by atoms with E-state index in [-0.39, 0.29) is 17.4 Å². The van der Waals surface area contributed by atoms with Gasteiger partial charge in [-0.05, 0) is 95.2 Å². The normalized spacial score (nSPS) is 17.4. The van der Waals surface area contributed by atoms with Gasteiger partial charge in [0, 0.05) is 12.1 Å². The number of aryl methyl sites for hydroxylation is 1. The summed E-state index contributed by atoms with van der Waals surface area (Å²) in [7, 11) is 3.94. The lowest BCUT2D eigenvalue weighted by Gasteiger charge is -2.26. The Balaban J connectivity index is 2.08. The van der Waals surface area contributed by atoms with E-state index in [1.54, 1.807) is 23.1 Å². The molecule has 0 saturated carbocycles. The van der Waals surface area contributed by atoms with Crippen molar-refractivity contribution in [1.29, 1.82) is 0 Å². The van der Waals surface area contributed by atoms with Crippen molar-refractivity contribution in [2.45, 2.75) is 53.2 Å². The first-order valence-electron chi connectivity index (χ1n) is 12.9. The van der Waals surface area contributed by atoms with Crippen molar-refractivity contribution in [3.8, 4) is 11.5 Å². The molecule has 1 saturated heterocycles. The third kappa shape index (κ3) is 6.92. The van der Waals surface area contributed by atoms with Gasteiger partial charge in [-0.2, -0.15) is 0 Å². The Labute approximate surface area is 220 Å². The number of Topliss-reactive ketones (excluding diaryl/α,β-unsaturated/α-hetero) is 1. The number of ether oxygens (including phenoxy) is 2.